The summed E-state index contributed by atoms with van der Waals surface area (Å²) in [6.45, 7) is 3.84. The first-order chi connectivity index (χ1) is 16.1. The Morgan fingerprint density at radius 2 is 1.70 bits per heavy atom. The molecule has 4 aromatic rings. The van der Waals surface area contributed by atoms with Crippen LogP contribution in [0.5, 0.6) is 5.75 Å². The van der Waals surface area contributed by atoms with Crippen molar-refractivity contribution >= 4 is 22.7 Å². The molecule has 1 N–H and O–H groups in total. The first-order valence-corrected chi connectivity index (χ1v) is 11.4. The quantitative estimate of drug-likeness (QED) is 0.482. The van der Waals surface area contributed by atoms with Crippen molar-refractivity contribution in [1.82, 2.24) is 14.6 Å². The van der Waals surface area contributed by atoms with E-state index in [0.717, 1.165) is 54.3 Å². The number of anilines is 3. The lowest BCUT2D eigenvalue weighted by Gasteiger charge is -2.28. The minimum absolute atomic E-state index is 0.115. The lowest BCUT2D eigenvalue weighted by atomic mass is 10.1. The van der Waals surface area contributed by atoms with Gasteiger partial charge >= 0.3 is 0 Å². The summed E-state index contributed by atoms with van der Waals surface area (Å²) in [5.74, 6) is 0.775. The molecule has 7 nitrogen and oxygen atoms in total. The van der Waals surface area contributed by atoms with Crippen molar-refractivity contribution in [2.75, 3.05) is 37.0 Å². The molecule has 0 atom stereocenters. The van der Waals surface area contributed by atoms with Crippen LogP contribution >= 0.6 is 0 Å². The summed E-state index contributed by atoms with van der Waals surface area (Å²) in [7, 11) is 3.54. The Labute approximate surface area is 193 Å². The summed E-state index contributed by atoms with van der Waals surface area (Å²) in [4.78, 5) is 23.0. The number of hydrogen-bond acceptors (Lipinski definition) is 5. The van der Waals surface area contributed by atoms with Crippen molar-refractivity contribution in [3.8, 4) is 17.0 Å². The molecule has 0 spiro atoms. The maximum absolute atomic E-state index is 13.8. The van der Waals surface area contributed by atoms with Crippen LogP contribution in [-0.4, -0.2) is 41.8 Å². The topological polar surface area (TPSA) is 65.9 Å². The molecule has 33 heavy (non-hydrogen) atoms. The number of rotatable bonds is 5. The molecule has 7 heteroatoms. The number of aromatic amines is 1. The smallest absolute Gasteiger partial charge is 0.296 e. The fourth-order valence-electron chi connectivity index (χ4n) is 4.70. The zero-order chi connectivity index (χ0) is 22.9. The van der Waals surface area contributed by atoms with E-state index in [1.165, 1.54) is 6.42 Å². The second-order valence-electron chi connectivity index (χ2n) is 8.52. The fraction of sp³-hybridized carbons (Fsp3) is 0.308. The van der Waals surface area contributed by atoms with Gasteiger partial charge in [-0.05, 0) is 50.5 Å². The normalized spacial score (nSPS) is 14.0. The largest absolute Gasteiger partial charge is 0.497 e. The van der Waals surface area contributed by atoms with E-state index in [4.69, 9.17) is 9.72 Å². The number of piperidine rings is 1. The van der Waals surface area contributed by atoms with Crippen LogP contribution in [0.4, 0.5) is 17.1 Å². The maximum atomic E-state index is 13.8. The standard InChI is InChI=1S/C26H29N5O2/c1-18-23(29(2)20-12-14-21(33-3)15-13-20)26(32)31-25(27-18)24(30-16-8-5-9-17-30)22(28-31)19-10-6-4-7-11-19/h4,6-7,10-15,28H,5,8-9,16-17H2,1-3H3. The fourth-order valence-corrected chi connectivity index (χ4v) is 4.70. The summed E-state index contributed by atoms with van der Waals surface area (Å²) in [5, 5.41) is 3.39. The second-order valence-corrected chi connectivity index (χ2v) is 8.52. The number of fused-ring (bicyclic) bond motifs is 1. The molecule has 0 unspecified atom stereocenters. The highest BCUT2D eigenvalue weighted by Crippen LogP contribution is 2.35. The van der Waals surface area contributed by atoms with Crippen LogP contribution in [0.3, 0.4) is 0 Å². The van der Waals surface area contributed by atoms with Gasteiger partial charge in [0.05, 0.1) is 18.5 Å². The highest BCUT2D eigenvalue weighted by atomic mass is 16.5. The van der Waals surface area contributed by atoms with Crippen molar-refractivity contribution in [3.05, 3.63) is 70.6 Å². The van der Waals surface area contributed by atoms with Crippen LogP contribution in [0.2, 0.25) is 0 Å². The van der Waals surface area contributed by atoms with E-state index in [2.05, 4.69) is 22.1 Å². The molecule has 1 fully saturated rings. The summed E-state index contributed by atoms with van der Waals surface area (Å²) in [6, 6.07) is 17.8. The zero-order valence-corrected chi connectivity index (χ0v) is 19.3. The van der Waals surface area contributed by atoms with E-state index < -0.39 is 0 Å². The van der Waals surface area contributed by atoms with Gasteiger partial charge in [-0.1, -0.05) is 30.3 Å². The van der Waals surface area contributed by atoms with Gasteiger partial charge in [-0.15, -0.1) is 0 Å². The average Bonchev–Trinajstić information content (AvgIpc) is 3.24. The van der Waals surface area contributed by atoms with Gasteiger partial charge in [-0.3, -0.25) is 9.89 Å². The molecule has 5 rings (SSSR count). The van der Waals surface area contributed by atoms with E-state index in [-0.39, 0.29) is 5.56 Å². The number of nitrogens with zero attached hydrogens (tertiary/aromatic N) is 4. The molecular weight excluding hydrogens is 414 g/mol. The first-order valence-electron chi connectivity index (χ1n) is 11.4. The molecule has 0 amide bonds. The van der Waals surface area contributed by atoms with Crippen LogP contribution in [-0.2, 0) is 0 Å². The summed E-state index contributed by atoms with van der Waals surface area (Å²) >= 11 is 0. The monoisotopic (exact) mass is 443 g/mol. The van der Waals surface area contributed by atoms with Gasteiger partial charge in [0.25, 0.3) is 5.56 Å². The number of aryl methyl sites for hydroxylation is 1. The lowest BCUT2D eigenvalue weighted by Crippen LogP contribution is -2.30. The minimum atomic E-state index is -0.115. The summed E-state index contributed by atoms with van der Waals surface area (Å²) < 4.78 is 6.87. The van der Waals surface area contributed by atoms with E-state index in [9.17, 15) is 4.79 Å². The predicted octanol–water partition coefficient (Wildman–Crippen LogP) is 4.76. The van der Waals surface area contributed by atoms with Crippen molar-refractivity contribution < 1.29 is 4.74 Å². The van der Waals surface area contributed by atoms with Gasteiger partial charge in [0, 0.05) is 31.4 Å². The molecule has 0 bridgehead atoms. The van der Waals surface area contributed by atoms with Gasteiger partial charge in [0.15, 0.2) is 5.65 Å². The number of aromatic nitrogens is 3. The third-order valence-electron chi connectivity index (χ3n) is 6.44. The van der Waals surface area contributed by atoms with Crippen LogP contribution < -0.4 is 20.1 Å². The number of methoxy groups -OCH3 is 1. The molecule has 0 radical (unpaired) electrons. The Hall–Kier alpha value is -3.74. The van der Waals surface area contributed by atoms with Gasteiger partial charge in [0.1, 0.15) is 17.1 Å². The van der Waals surface area contributed by atoms with E-state index in [1.54, 1.807) is 11.6 Å². The van der Waals surface area contributed by atoms with Gasteiger partial charge in [-0.25, -0.2) is 4.98 Å². The Morgan fingerprint density at radius 1 is 1.00 bits per heavy atom. The Kier molecular flexibility index (Phi) is 5.54. The van der Waals surface area contributed by atoms with Crippen LogP contribution in [0.25, 0.3) is 16.9 Å². The zero-order valence-electron chi connectivity index (χ0n) is 19.3. The van der Waals surface area contributed by atoms with Gasteiger partial charge in [0.2, 0.25) is 0 Å². The van der Waals surface area contributed by atoms with E-state index in [1.807, 2.05) is 61.3 Å². The third-order valence-corrected chi connectivity index (χ3v) is 6.44. The first kappa shape index (κ1) is 21.1. The number of hydrogen-bond donors (Lipinski definition) is 1. The predicted molar refractivity (Wildman–Crippen MR) is 133 cm³/mol. The molecule has 170 valence electrons. The number of H-pyrrole nitrogens is 1. The Balaban J connectivity index is 1.69. The van der Waals surface area contributed by atoms with Crippen LogP contribution in [0.15, 0.2) is 59.4 Å². The van der Waals surface area contributed by atoms with Crippen LogP contribution in [0.1, 0.15) is 25.0 Å². The van der Waals surface area contributed by atoms with Crippen molar-refractivity contribution in [2.24, 2.45) is 0 Å². The number of nitrogens with one attached hydrogen (secondary N) is 1. The summed E-state index contributed by atoms with van der Waals surface area (Å²) in [5.41, 5.74) is 5.71. The van der Waals surface area contributed by atoms with Gasteiger partial charge in [-0.2, -0.15) is 4.52 Å². The van der Waals surface area contributed by atoms with E-state index >= 15 is 0 Å². The SMILES string of the molecule is COc1ccc(N(C)c2c(C)nc3c(N4CCCCC4)c(-c4ccccc4)[nH]n3c2=O)cc1. The molecular formula is C26H29N5O2. The molecule has 2 aromatic heterocycles. The van der Waals surface area contributed by atoms with Crippen molar-refractivity contribution in [3.63, 3.8) is 0 Å². The van der Waals surface area contributed by atoms with Gasteiger partial charge < -0.3 is 14.5 Å². The average molecular weight is 444 g/mol. The Bertz CT molecular complexity index is 1320. The number of benzene rings is 2. The van der Waals surface area contributed by atoms with Crippen LogP contribution in [0, 0.1) is 6.92 Å². The minimum Gasteiger partial charge on any atom is -0.497 e. The lowest BCUT2D eigenvalue weighted by molar-refractivity contribution is 0.415. The molecule has 3 heterocycles. The number of ether oxygens (including phenoxy) is 1. The Morgan fingerprint density at radius 3 is 2.36 bits per heavy atom. The highest BCUT2D eigenvalue weighted by molar-refractivity contribution is 5.86. The van der Waals surface area contributed by atoms with Crippen molar-refractivity contribution in [1.29, 1.82) is 0 Å². The molecule has 1 aliphatic heterocycles. The molecule has 1 aliphatic rings. The second kappa shape index (κ2) is 8.65. The summed E-state index contributed by atoms with van der Waals surface area (Å²) in [6.07, 6.45) is 3.53. The molecule has 0 aliphatic carbocycles. The molecule has 2 aromatic carbocycles. The maximum Gasteiger partial charge on any atom is 0.296 e. The van der Waals surface area contributed by atoms with E-state index in [0.29, 0.717) is 17.0 Å². The van der Waals surface area contributed by atoms with Crippen molar-refractivity contribution in [2.45, 2.75) is 26.2 Å². The molecule has 0 saturated carbocycles. The molecule has 1 saturated heterocycles. The third kappa shape index (κ3) is 3.73. The highest BCUT2D eigenvalue weighted by Gasteiger charge is 2.25.